The molecule has 0 aliphatic rings. The summed E-state index contributed by atoms with van der Waals surface area (Å²) < 4.78 is 1.82. The Morgan fingerprint density at radius 3 is 2.15 bits per heavy atom. The van der Waals surface area contributed by atoms with E-state index in [0.717, 1.165) is 14.5 Å². The lowest BCUT2D eigenvalue weighted by Crippen LogP contribution is -2.23. The predicted molar refractivity (Wildman–Crippen MR) is 60.5 cm³/mol. The van der Waals surface area contributed by atoms with Gasteiger partial charge in [0.25, 0.3) is 0 Å². The Morgan fingerprint density at radius 1 is 1.31 bits per heavy atom. The van der Waals surface area contributed by atoms with Crippen molar-refractivity contribution in [2.75, 3.05) is 0 Å². The topological polar surface area (TPSA) is 46.2 Å². The average Bonchev–Trinajstić information content (AvgIpc) is 2.03. The van der Waals surface area contributed by atoms with Crippen molar-refractivity contribution in [1.29, 1.82) is 0 Å². The van der Waals surface area contributed by atoms with Crippen LogP contribution in [0.25, 0.3) is 0 Å². The SMILES string of the molecule is C[C@@H](O)[C@H](N)c1c(Br)cccc1Br. The van der Waals surface area contributed by atoms with E-state index in [4.69, 9.17) is 5.73 Å². The fourth-order valence-electron chi connectivity index (χ4n) is 1.07. The van der Waals surface area contributed by atoms with E-state index < -0.39 is 6.10 Å². The second kappa shape index (κ2) is 4.55. The summed E-state index contributed by atoms with van der Waals surface area (Å²) in [5.74, 6) is 0. The van der Waals surface area contributed by atoms with Crippen LogP contribution in [-0.4, -0.2) is 11.2 Å². The van der Waals surface area contributed by atoms with Crippen LogP contribution in [0.3, 0.4) is 0 Å². The van der Waals surface area contributed by atoms with E-state index in [1.807, 2.05) is 18.2 Å². The van der Waals surface area contributed by atoms with Crippen LogP contribution in [-0.2, 0) is 0 Å². The summed E-state index contributed by atoms with van der Waals surface area (Å²) in [7, 11) is 0. The maximum Gasteiger partial charge on any atom is 0.0705 e. The molecule has 0 unspecified atom stereocenters. The standard InChI is InChI=1S/C9H11Br2NO/c1-5(13)9(12)8-6(10)3-2-4-7(8)11/h2-5,9,13H,12H2,1H3/t5-,9+/m1/s1. The number of benzene rings is 1. The van der Waals surface area contributed by atoms with Gasteiger partial charge in [0.1, 0.15) is 0 Å². The first-order valence-corrected chi connectivity index (χ1v) is 5.50. The highest BCUT2D eigenvalue weighted by Crippen LogP contribution is 2.30. The molecule has 0 fully saturated rings. The van der Waals surface area contributed by atoms with E-state index in [0.29, 0.717) is 0 Å². The molecule has 0 bridgehead atoms. The van der Waals surface area contributed by atoms with Crippen LogP contribution < -0.4 is 5.73 Å². The fraction of sp³-hybridized carbons (Fsp3) is 0.333. The third-order valence-corrected chi connectivity index (χ3v) is 3.24. The van der Waals surface area contributed by atoms with E-state index in [1.54, 1.807) is 6.92 Å². The van der Waals surface area contributed by atoms with Gasteiger partial charge in [0.2, 0.25) is 0 Å². The molecule has 0 radical (unpaired) electrons. The highest BCUT2D eigenvalue weighted by atomic mass is 79.9. The number of nitrogens with two attached hydrogens (primary N) is 1. The molecule has 72 valence electrons. The zero-order valence-corrected chi connectivity index (χ0v) is 10.3. The molecule has 0 aromatic heterocycles. The minimum Gasteiger partial charge on any atom is -0.391 e. The van der Waals surface area contributed by atoms with Crippen molar-refractivity contribution >= 4 is 31.9 Å². The molecule has 4 heteroatoms. The van der Waals surface area contributed by atoms with Crippen LogP contribution in [0.5, 0.6) is 0 Å². The van der Waals surface area contributed by atoms with Gasteiger partial charge in [-0.2, -0.15) is 0 Å². The monoisotopic (exact) mass is 307 g/mol. The zero-order chi connectivity index (χ0) is 10.0. The predicted octanol–water partition coefficient (Wildman–Crippen LogP) is 2.59. The zero-order valence-electron chi connectivity index (χ0n) is 7.17. The van der Waals surface area contributed by atoms with Crippen LogP contribution in [0.1, 0.15) is 18.5 Å². The van der Waals surface area contributed by atoms with Crippen molar-refractivity contribution in [2.45, 2.75) is 19.1 Å². The molecule has 0 aliphatic heterocycles. The van der Waals surface area contributed by atoms with E-state index >= 15 is 0 Å². The van der Waals surface area contributed by atoms with Crippen LogP contribution in [0.4, 0.5) is 0 Å². The molecule has 2 atom stereocenters. The summed E-state index contributed by atoms with van der Waals surface area (Å²) in [6.07, 6.45) is -0.560. The maximum atomic E-state index is 9.36. The van der Waals surface area contributed by atoms with Crippen molar-refractivity contribution in [1.82, 2.24) is 0 Å². The third-order valence-electron chi connectivity index (χ3n) is 1.85. The molecule has 0 saturated carbocycles. The van der Waals surface area contributed by atoms with E-state index in [-0.39, 0.29) is 6.04 Å². The summed E-state index contributed by atoms with van der Waals surface area (Å²) in [5, 5.41) is 9.36. The lowest BCUT2D eigenvalue weighted by atomic mass is 10.0. The molecule has 1 rings (SSSR count). The molecule has 13 heavy (non-hydrogen) atoms. The van der Waals surface area contributed by atoms with Gasteiger partial charge in [0.05, 0.1) is 12.1 Å². The summed E-state index contributed by atoms with van der Waals surface area (Å²) in [6, 6.07) is 5.35. The number of aliphatic hydroxyl groups is 1. The smallest absolute Gasteiger partial charge is 0.0705 e. The van der Waals surface area contributed by atoms with Crippen molar-refractivity contribution in [3.63, 3.8) is 0 Å². The van der Waals surface area contributed by atoms with Gasteiger partial charge in [-0.15, -0.1) is 0 Å². The quantitative estimate of drug-likeness (QED) is 0.882. The molecular weight excluding hydrogens is 298 g/mol. The summed E-state index contributed by atoms with van der Waals surface area (Å²) in [6.45, 7) is 1.68. The second-order valence-corrected chi connectivity index (χ2v) is 4.61. The van der Waals surface area contributed by atoms with Crippen LogP contribution in [0.2, 0.25) is 0 Å². The molecule has 1 aromatic rings. The highest BCUT2D eigenvalue weighted by molar-refractivity contribution is 9.11. The Morgan fingerprint density at radius 2 is 1.77 bits per heavy atom. The molecule has 2 nitrogen and oxygen atoms in total. The highest BCUT2D eigenvalue weighted by Gasteiger charge is 2.17. The Labute approximate surface area is 94.4 Å². The van der Waals surface area contributed by atoms with Crippen LogP contribution >= 0.6 is 31.9 Å². The summed E-state index contributed by atoms with van der Waals surface area (Å²) in [5.41, 5.74) is 6.73. The number of halogens is 2. The van der Waals surface area contributed by atoms with E-state index in [1.165, 1.54) is 0 Å². The molecule has 3 N–H and O–H groups in total. The lowest BCUT2D eigenvalue weighted by molar-refractivity contribution is 0.163. The van der Waals surface area contributed by atoms with Gasteiger partial charge >= 0.3 is 0 Å². The first-order valence-electron chi connectivity index (χ1n) is 3.91. The minimum absolute atomic E-state index is 0.370. The van der Waals surface area contributed by atoms with Crippen LogP contribution in [0, 0.1) is 0 Å². The van der Waals surface area contributed by atoms with E-state index in [9.17, 15) is 5.11 Å². The van der Waals surface area contributed by atoms with Gasteiger partial charge in [-0.05, 0) is 24.6 Å². The van der Waals surface area contributed by atoms with Gasteiger partial charge in [0.15, 0.2) is 0 Å². The summed E-state index contributed by atoms with van der Waals surface area (Å²) >= 11 is 6.79. The number of rotatable bonds is 2. The maximum absolute atomic E-state index is 9.36. The first kappa shape index (κ1) is 11.2. The lowest BCUT2D eigenvalue weighted by Gasteiger charge is -2.18. The average molecular weight is 309 g/mol. The van der Waals surface area contributed by atoms with Gasteiger partial charge in [-0.3, -0.25) is 0 Å². The molecule has 0 saturated heterocycles. The molecule has 1 aromatic carbocycles. The van der Waals surface area contributed by atoms with Gasteiger partial charge in [-0.25, -0.2) is 0 Å². The molecule has 0 heterocycles. The Balaban J connectivity index is 3.12. The minimum atomic E-state index is -0.560. The Kier molecular flexibility index (Phi) is 3.91. The number of aliphatic hydroxyl groups excluding tert-OH is 1. The molecular formula is C9H11Br2NO. The Bertz CT molecular complexity index is 281. The van der Waals surface area contributed by atoms with Crippen molar-refractivity contribution in [3.8, 4) is 0 Å². The summed E-state index contributed by atoms with van der Waals surface area (Å²) in [4.78, 5) is 0. The van der Waals surface area contributed by atoms with Crippen LogP contribution in [0.15, 0.2) is 27.1 Å². The fourth-order valence-corrected chi connectivity index (χ4v) is 2.60. The largest absolute Gasteiger partial charge is 0.391 e. The number of hydrogen-bond donors (Lipinski definition) is 2. The third kappa shape index (κ3) is 2.53. The van der Waals surface area contributed by atoms with Crippen molar-refractivity contribution < 1.29 is 5.11 Å². The molecule has 0 aliphatic carbocycles. The van der Waals surface area contributed by atoms with Crippen molar-refractivity contribution in [3.05, 3.63) is 32.7 Å². The van der Waals surface area contributed by atoms with Gasteiger partial charge in [-0.1, -0.05) is 37.9 Å². The van der Waals surface area contributed by atoms with Gasteiger partial charge in [0, 0.05) is 8.95 Å². The normalized spacial score (nSPS) is 15.5. The molecule has 0 spiro atoms. The van der Waals surface area contributed by atoms with E-state index in [2.05, 4.69) is 31.9 Å². The molecule has 0 amide bonds. The first-order chi connectivity index (χ1) is 6.04. The van der Waals surface area contributed by atoms with Crippen molar-refractivity contribution in [2.24, 2.45) is 5.73 Å². The Hall–Kier alpha value is 0.1000. The second-order valence-electron chi connectivity index (χ2n) is 2.90. The number of hydrogen-bond acceptors (Lipinski definition) is 2. The van der Waals surface area contributed by atoms with Gasteiger partial charge < -0.3 is 10.8 Å².